The number of alkyl halides is 3. The minimum atomic E-state index is -4.66. The molecule has 2 amide bonds. The van der Waals surface area contributed by atoms with Crippen molar-refractivity contribution in [2.45, 2.75) is 37.3 Å². The van der Waals surface area contributed by atoms with Crippen LogP contribution in [0.4, 0.5) is 24.8 Å². The second-order valence-corrected chi connectivity index (χ2v) is 12.3. The third-order valence-corrected chi connectivity index (χ3v) is 9.01. The van der Waals surface area contributed by atoms with Crippen molar-refractivity contribution in [3.8, 4) is 11.3 Å². The lowest BCUT2D eigenvalue weighted by atomic mass is 9.91. The number of carbonyl (C=O) groups is 2. The van der Waals surface area contributed by atoms with E-state index in [1.54, 1.807) is 29.3 Å². The first-order valence-electron chi connectivity index (χ1n) is 14.0. The number of anilines is 2. The predicted octanol–water partition coefficient (Wildman–Crippen LogP) is 4.75. The van der Waals surface area contributed by atoms with Gasteiger partial charge in [0.25, 0.3) is 10.0 Å². The van der Waals surface area contributed by atoms with E-state index in [4.69, 9.17) is 0 Å². The zero-order valence-corrected chi connectivity index (χ0v) is 24.7. The maximum absolute atomic E-state index is 13.0. The zero-order valence-electron chi connectivity index (χ0n) is 23.8. The van der Waals surface area contributed by atoms with Crippen LogP contribution in [0.15, 0.2) is 77.5 Å². The highest BCUT2D eigenvalue weighted by atomic mass is 32.2. The first-order chi connectivity index (χ1) is 20.9. The Balaban J connectivity index is 1.19. The van der Waals surface area contributed by atoms with Crippen LogP contribution in [0.2, 0.25) is 0 Å². The number of aromatic nitrogens is 2. The van der Waals surface area contributed by atoms with E-state index < -0.39 is 26.7 Å². The third-order valence-electron chi connectivity index (χ3n) is 7.63. The van der Waals surface area contributed by atoms with Crippen LogP contribution in [0.5, 0.6) is 0 Å². The molecule has 10 nitrogen and oxygen atoms in total. The van der Waals surface area contributed by atoms with Gasteiger partial charge in [-0.1, -0.05) is 24.3 Å². The number of rotatable bonds is 7. The molecule has 1 atom stereocenters. The maximum atomic E-state index is 13.0. The van der Waals surface area contributed by atoms with Crippen molar-refractivity contribution in [3.05, 3.63) is 78.1 Å². The Hall–Kier alpha value is -4.46. The van der Waals surface area contributed by atoms with Crippen LogP contribution in [-0.4, -0.2) is 66.2 Å². The third kappa shape index (κ3) is 7.36. The average molecular weight is 629 g/mol. The Labute approximate surface area is 253 Å². The van der Waals surface area contributed by atoms with Crippen LogP contribution in [0.3, 0.4) is 0 Å². The van der Waals surface area contributed by atoms with E-state index in [0.29, 0.717) is 68.7 Å². The van der Waals surface area contributed by atoms with Gasteiger partial charge in [0.1, 0.15) is 0 Å². The molecule has 0 radical (unpaired) electrons. The molecule has 3 aromatic rings. The molecule has 0 spiro atoms. The summed E-state index contributed by atoms with van der Waals surface area (Å²) in [7, 11) is -4.25. The molecule has 1 aliphatic carbocycles. The highest BCUT2D eigenvalue weighted by Gasteiger charge is 2.32. The number of nitrogens with zero attached hydrogens (tertiary/aromatic N) is 4. The smallest absolute Gasteiger partial charge is 0.339 e. The van der Waals surface area contributed by atoms with Gasteiger partial charge in [-0.25, -0.2) is 18.4 Å². The van der Waals surface area contributed by atoms with E-state index in [1.807, 2.05) is 11.0 Å². The lowest BCUT2D eigenvalue weighted by Gasteiger charge is -2.36. The van der Waals surface area contributed by atoms with Gasteiger partial charge in [0.2, 0.25) is 17.8 Å². The molecule has 1 saturated heterocycles. The molecule has 5 rings (SSSR count). The number of allylic oxidation sites excluding steroid dienone is 2. The topological polar surface area (TPSA) is 125 Å². The molecular formula is C30H31F3N6O4S. The van der Waals surface area contributed by atoms with E-state index in [1.165, 1.54) is 19.1 Å². The number of piperazine rings is 1. The molecular weight excluding hydrogens is 597 g/mol. The summed E-state index contributed by atoms with van der Waals surface area (Å²) in [6.45, 7) is 3.75. The van der Waals surface area contributed by atoms with E-state index in [0.717, 1.165) is 23.9 Å². The number of halogens is 3. The highest BCUT2D eigenvalue weighted by Crippen LogP contribution is 2.31. The van der Waals surface area contributed by atoms with Crippen LogP contribution in [0.1, 0.15) is 31.7 Å². The van der Waals surface area contributed by atoms with Crippen LogP contribution >= 0.6 is 0 Å². The Morgan fingerprint density at radius 3 is 2.32 bits per heavy atom. The molecule has 44 heavy (non-hydrogen) atoms. The highest BCUT2D eigenvalue weighted by molar-refractivity contribution is 7.92. The van der Waals surface area contributed by atoms with E-state index in [2.05, 4.69) is 20.0 Å². The largest absolute Gasteiger partial charge is 0.416 e. The monoisotopic (exact) mass is 628 g/mol. The van der Waals surface area contributed by atoms with Gasteiger partial charge in [-0.3, -0.25) is 14.3 Å². The lowest BCUT2D eigenvalue weighted by Crippen LogP contribution is -2.51. The van der Waals surface area contributed by atoms with E-state index >= 15 is 0 Å². The molecule has 232 valence electrons. The maximum Gasteiger partial charge on any atom is 0.416 e. The van der Waals surface area contributed by atoms with Gasteiger partial charge in [-0.05, 0) is 55.7 Å². The first-order valence-corrected chi connectivity index (χ1v) is 15.5. The van der Waals surface area contributed by atoms with Crippen LogP contribution in [-0.2, 0) is 25.8 Å². The number of amides is 2. The average Bonchev–Trinajstić information content (AvgIpc) is 3.01. The van der Waals surface area contributed by atoms with Crippen LogP contribution in [0.25, 0.3) is 11.3 Å². The van der Waals surface area contributed by atoms with Gasteiger partial charge in [0.15, 0.2) is 0 Å². The fourth-order valence-corrected chi connectivity index (χ4v) is 6.26. The molecule has 1 aliphatic heterocycles. The molecule has 1 unspecified atom stereocenters. The van der Waals surface area contributed by atoms with E-state index in [-0.39, 0.29) is 23.4 Å². The Morgan fingerprint density at radius 1 is 0.977 bits per heavy atom. The predicted molar refractivity (Wildman–Crippen MR) is 158 cm³/mol. The normalized spacial score (nSPS) is 17.5. The Bertz CT molecular complexity index is 1670. The first kappa shape index (κ1) is 31.0. The summed E-state index contributed by atoms with van der Waals surface area (Å²) in [5, 5.41) is 3.22. The molecule has 14 heteroatoms. The van der Waals surface area contributed by atoms with Gasteiger partial charge >= 0.3 is 6.18 Å². The fourth-order valence-electron chi connectivity index (χ4n) is 5.16. The van der Waals surface area contributed by atoms with Crippen molar-refractivity contribution >= 4 is 33.5 Å². The molecule has 0 bridgehead atoms. The van der Waals surface area contributed by atoms with Gasteiger partial charge in [-0.15, -0.1) is 0 Å². The van der Waals surface area contributed by atoms with E-state index in [9.17, 15) is 31.2 Å². The van der Waals surface area contributed by atoms with Gasteiger partial charge in [0, 0.05) is 62.2 Å². The lowest BCUT2D eigenvalue weighted by molar-refractivity contribution is -0.141. The summed E-state index contributed by atoms with van der Waals surface area (Å²) in [6.07, 6.45) is 0.832. The number of sulfonamides is 1. The SMILES string of the molecule is CC(=O)N1CCN(C(=O)C2CC=C(Nc3nccc(-c4ccc(NS(=O)(=O)c5cccc(C(F)(F)F)c5)cc4)n3)CC2)CC1. The number of benzene rings is 2. The van der Waals surface area contributed by atoms with Crippen molar-refractivity contribution in [2.24, 2.45) is 5.92 Å². The molecule has 2 aliphatic rings. The van der Waals surface area contributed by atoms with Crippen LogP contribution < -0.4 is 10.0 Å². The van der Waals surface area contributed by atoms with Gasteiger partial charge in [0.05, 0.1) is 16.2 Å². The molecule has 2 aromatic carbocycles. The van der Waals surface area contributed by atoms with Gasteiger partial charge in [-0.2, -0.15) is 13.2 Å². The summed E-state index contributed by atoms with van der Waals surface area (Å²) >= 11 is 0. The van der Waals surface area contributed by atoms with Crippen molar-refractivity contribution in [1.29, 1.82) is 0 Å². The Kier molecular flexibility index (Phi) is 8.90. The minimum Gasteiger partial charge on any atom is -0.339 e. The fraction of sp³-hybridized carbons (Fsp3) is 0.333. The number of hydrogen-bond donors (Lipinski definition) is 2. The summed E-state index contributed by atoms with van der Waals surface area (Å²) in [5.41, 5.74) is 1.28. The second-order valence-electron chi connectivity index (χ2n) is 10.6. The van der Waals surface area contributed by atoms with Crippen molar-refractivity contribution in [3.63, 3.8) is 0 Å². The van der Waals surface area contributed by atoms with Gasteiger partial charge < -0.3 is 15.1 Å². The number of hydrogen-bond acceptors (Lipinski definition) is 7. The quantitative estimate of drug-likeness (QED) is 0.387. The zero-order chi connectivity index (χ0) is 31.5. The Morgan fingerprint density at radius 2 is 1.68 bits per heavy atom. The van der Waals surface area contributed by atoms with Crippen molar-refractivity contribution in [1.82, 2.24) is 19.8 Å². The number of nitrogens with one attached hydrogen (secondary N) is 2. The van der Waals surface area contributed by atoms with Crippen molar-refractivity contribution in [2.75, 3.05) is 36.2 Å². The number of carbonyl (C=O) groups excluding carboxylic acids is 2. The molecule has 0 saturated carbocycles. The molecule has 1 aromatic heterocycles. The summed E-state index contributed by atoms with van der Waals surface area (Å²) < 4.78 is 66.8. The van der Waals surface area contributed by atoms with Crippen LogP contribution in [0, 0.1) is 5.92 Å². The van der Waals surface area contributed by atoms with Crippen molar-refractivity contribution < 1.29 is 31.2 Å². The summed E-state index contributed by atoms with van der Waals surface area (Å²) in [5.74, 6) is 0.397. The summed E-state index contributed by atoms with van der Waals surface area (Å²) in [4.78, 5) is 36.5. The molecule has 2 heterocycles. The minimum absolute atomic E-state index is 0.0247. The molecule has 1 fully saturated rings. The summed E-state index contributed by atoms with van der Waals surface area (Å²) in [6, 6.07) is 11.5. The second kappa shape index (κ2) is 12.6. The standard InChI is InChI=1S/C30H31F3N6O4S/c1-20(40)38-15-17-39(18-16-38)28(41)22-7-9-24(10-8-22)35-29-34-14-13-27(36-29)21-5-11-25(12-6-21)37-44(42,43)26-4-2-3-23(19-26)30(31,32)33/h2-6,9,11-14,19,22,37H,7-8,10,15-18H2,1H3,(H,34,35,36). The molecule has 2 N–H and O–H groups in total.